The fraction of sp³-hybridized carbons (Fsp3) is 0.708. The first kappa shape index (κ1) is 28.9. The highest BCUT2D eigenvalue weighted by Gasteiger charge is 2.17. The van der Waals surface area contributed by atoms with Crippen molar-refractivity contribution >= 4 is 29.9 Å². The van der Waals surface area contributed by atoms with E-state index in [9.17, 15) is 0 Å². The molecule has 0 aromatic heterocycles. The Morgan fingerprint density at radius 3 is 2.50 bits per heavy atom. The maximum Gasteiger partial charge on any atom is 0.191 e. The molecule has 2 N–H and O–H groups in total. The van der Waals surface area contributed by atoms with E-state index >= 15 is 0 Å². The zero-order chi connectivity index (χ0) is 22.5. The maximum atomic E-state index is 6.00. The summed E-state index contributed by atoms with van der Waals surface area (Å²) in [5.74, 6) is 2.32. The van der Waals surface area contributed by atoms with E-state index in [4.69, 9.17) is 9.47 Å². The summed E-state index contributed by atoms with van der Waals surface area (Å²) >= 11 is 0. The topological polar surface area (TPSA) is 61.4 Å². The number of guanidine groups is 1. The molecular weight excluding hydrogens is 517 g/mol. The molecule has 0 saturated carbocycles. The Morgan fingerprint density at radius 1 is 1.12 bits per heavy atom. The molecule has 0 amide bonds. The van der Waals surface area contributed by atoms with E-state index in [0.29, 0.717) is 25.7 Å². The number of likely N-dealkylation sites (N-methyl/N-ethyl adjacent to an activating group) is 1. The van der Waals surface area contributed by atoms with Crippen LogP contribution in [0.2, 0.25) is 0 Å². The van der Waals surface area contributed by atoms with Gasteiger partial charge in [-0.3, -0.25) is 4.99 Å². The van der Waals surface area contributed by atoms with Crippen LogP contribution in [0.15, 0.2) is 23.2 Å². The number of ether oxygens (including phenoxy) is 2. The number of nitrogens with zero attached hydrogens (tertiary/aromatic N) is 3. The third-order valence-electron chi connectivity index (χ3n) is 5.74. The van der Waals surface area contributed by atoms with Crippen molar-refractivity contribution < 1.29 is 9.47 Å². The molecule has 0 spiro atoms. The second-order valence-corrected chi connectivity index (χ2v) is 8.45. The first-order valence-electron chi connectivity index (χ1n) is 11.7. The molecule has 1 aromatic carbocycles. The van der Waals surface area contributed by atoms with Gasteiger partial charge >= 0.3 is 0 Å². The number of hydrogen-bond acceptors (Lipinski definition) is 5. The van der Waals surface area contributed by atoms with E-state index in [2.05, 4.69) is 64.4 Å². The fourth-order valence-corrected chi connectivity index (χ4v) is 3.79. The van der Waals surface area contributed by atoms with Crippen LogP contribution in [0.1, 0.15) is 31.4 Å². The molecule has 32 heavy (non-hydrogen) atoms. The van der Waals surface area contributed by atoms with Gasteiger partial charge in [-0.25, -0.2) is 0 Å². The Balaban J connectivity index is 0.00000512. The monoisotopic (exact) mass is 561 g/mol. The average Bonchev–Trinajstić information content (AvgIpc) is 2.78. The van der Waals surface area contributed by atoms with Gasteiger partial charge in [-0.1, -0.05) is 26.0 Å². The maximum absolute atomic E-state index is 6.00. The highest BCUT2D eigenvalue weighted by molar-refractivity contribution is 14.0. The number of nitrogens with one attached hydrogen (secondary N) is 2. The molecule has 1 heterocycles. The third-order valence-corrected chi connectivity index (χ3v) is 5.74. The minimum atomic E-state index is 0. The van der Waals surface area contributed by atoms with Crippen LogP contribution in [0.4, 0.5) is 0 Å². The number of hydrogen-bond donors (Lipinski definition) is 2. The van der Waals surface area contributed by atoms with Gasteiger partial charge in [0.05, 0.1) is 6.61 Å². The van der Waals surface area contributed by atoms with Crippen molar-refractivity contribution in [3.63, 3.8) is 0 Å². The van der Waals surface area contributed by atoms with Gasteiger partial charge in [0.15, 0.2) is 5.96 Å². The van der Waals surface area contributed by atoms with Crippen LogP contribution in [0.25, 0.3) is 0 Å². The number of halogens is 1. The Labute approximate surface area is 212 Å². The quantitative estimate of drug-likeness (QED) is 0.177. The van der Waals surface area contributed by atoms with Gasteiger partial charge in [0.2, 0.25) is 0 Å². The summed E-state index contributed by atoms with van der Waals surface area (Å²) in [5, 5.41) is 6.92. The van der Waals surface area contributed by atoms with E-state index in [1.165, 1.54) is 31.7 Å². The van der Waals surface area contributed by atoms with E-state index in [1.54, 1.807) is 7.11 Å². The molecule has 2 rings (SSSR count). The normalized spacial score (nSPS) is 16.3. The Kier molecular flexibility index (Phi) is 14.9. The van der Waals surface area contributed by atoms with Crippen molar-refractivity contribution in [3.05, 3.63) is 29.3 Å². The molecule has 1 fully saturated rings. The predicted octanol–water partition coefficient (Wildman–Crippen LogP) is 2.97. The lowest BCUT2D eigenvalue weighted by Gasteiger charge is -2.35. The fourth-order valence-electron chi connectivity index (χ4n) is 3.79. The average molecular weight is 562 g/mol. The van der Waals surface area contributed by atoms with Crippen molar-refractivity contribution in [1.82, 2.24) is 20.4 Å². The SMILES string of the molecule is CCN1CCN(CC(C)CNC(=NC)NCc2ccc(C)cc2OCCCOC)CC1.I. The largest absolute Gasteiger partial charge is 0.493 e. The summed E-state index contributed by atoms with van der Waals surface area (Å²) in [7, 11) is 3.54. The van der Waals surface area contributed by atoms with Gasteiger partial charge < -0.3 is 29.9 Å². The predicted molar refractivity (Wildman–Crippen MR) is 145 cm³/mol. The summed E-state index contributed by atoms with van der Waals surface area (Å²) in [5.41, 5.74) is 2.33. The molecular formula is C24H44IN5O2. The van der Waals surface area contributed by atoms with Gasteiger partial charge in [-0.15, -0.1) is 24.0 Å². The summed E-state index contributed by atoms with van der Waals surface area (Å²) in [6.07, 6.45) is 0.881. The van der Waals surface area contributed by atoms with Crippen molar-refractivity contribution in [3.8, 4) is 5.75 Å². The van der Waals surface area contributed by atoms with Crippen LogP contribution in [0.3, 0.4) is 0 Å². The molecule has 0 aliphatic carbocycles. The Morgan fingerprint density at radius 2 is 1.84 bits per heavy atom. The minimum absolute atomic E-state index is 0. The van der Waals surface area contributed by atoms with Crippen molar-refractivity contribution in [2.45, 2.75) is 33.7 Å². The van der Waals surface area contributed by atoms with Crippen LogP contribution < -0.4 is 15.4 Å². The number of aryl methyl sites for hydroxylation is 1. The highest BCUT2D eigenvalue weighted by Crippen LogP contribution is 2.20. The molecule has 1 saturated heterocycles. The van der Waals surface area contributed by atoms with Gasteiger partial charge in [0.25, 0.3) is 0 Å². The molecule has 1 aromatic rings. The Hall–Kier alpha value is -1.10. The number of rotatable bonds is 12. The lowest BCUT2D eigenvalue weighted by Crippen LogP contribution is -2.48. The lowest BCUT2D eigenvalue weighted by molar-refractivity contribution is 0.124. The zero-order valence-electron chi connectivity index (χ0n) is 20.7. The molecule has 8 heteroatoms. The first-order chi connectivity index (χ1) is 15.0. The molecule has 0 bridgehead atoms. The van der Waals surface area contributed by atoms with Crippen molar-refractivity contribution in [2.24, 2.45) is 10.9 Å². The second-order valence-electron chi connectivity index (χ2n) is 8.45. The van der Waals surface area contributed by atoms with Gasteiger partial charge in [0, 0.05) is 78.6 Å². The van der Waals surface area contributed by atoms with Crippen LogP contribution in [0.5, 0.6) is 5.75 Å². The Bertz CT molecular complexity index is 666. The first-order valence-corrected chi connectivity index (χ1v) is 11.7. The van der Waals surface area contributed by atoms with Crippen LogP contribution in [0, 0.1) is 12.8 Å². The summed E-state index contributed by atoms with van der Waals surface area (Å²) in [6, 6.07) is 6.34. The summed E-state index contributed by atoms with van der Waals surface area (Å²) in [6.45, 7) is 16.6. The molecule has 1 aliphatic rings. The van der Waals surface area contributed by atoms with Crippen LogP contribution >= 0.6 is 24.0 Å². The highest BCUT2D eigenvalue weighted by atomic mass is 127. The molecule has 184 valence electrons. The van der Waals surface area contributed by atoms with Crippen LogP contribution in [-0.2, 0) is 11.3 Å². The summed E-state index contributed by atoms with van der Waals surface area (Å²) < 4.78 is 11.1. The van der Waals surface area contributed by atoms with Crippen molar-refractivity contribution in [1.29, 1.82) is 0 Å². The smallest absolute Gasteiger partial charge is 0.191 e. The lowest BCUT2D eigenvalue weighted by atomic mass is 10.1. The second kappa shape index (κ2) is 16.5. The third kappa shape index (κ3) is 10.7. The van der Waals surface area contributed by atoms with E-state index in [1.807, 2.05) is 7.05 Å². The van der Waals surface area contributed by atoms with E-state index in [0.717, 1.165) is 43.3 Å². The van der Waals surface area contributed by atoms with Gasteiger partial charge in [-0.2, -0.15) is 0 Å². The zero-order valence-corrected chi connectivity index (χ0v) is 23.0. The van der Waals surface area contributed by atoms with Crippen molar-refractivity contribution in [2.75, 3.05) is 73.2 Å². The molecule has 1 aliphatic heterocycles. The summed E-state index contributed by atoms with van der Waals surface area (Å²) in [4.78, 5) is 9.49. The molecule has 7 nitrogen and oxygen atoms in total. The number of aliphatic imine (C=N–C) groups is 1. The standard InChI is InChI=1S/C24H43N5O2.HI/c1-6-28-10-12-29(13-11-28)19-21(3)17-26-24(25-4)27-18-22-9-8-20(2)16-23(22)31-15-7-14-30-5;/h8-9,16,21H,6-7,10-15,17-19H2,1-5H3,(H2,25,26,27);1H. The van der Waals surface area contributed by atoms with Gasteiger partial charge in [0.1, 0.15) is 5.75 Å². The van der Waals surface area contributed by atoms with Crippen LogP contribution in [-0.4, -0.2) is 88.9 Å². The molecule has 1 atom stereocenters. The van der Waals surface area contributed by atoms with Gasteiger partial charge in [-0.05, 0) is 31.0 Å². The van der Waals surface area contributed by atoms with E-state index < -0.39 is 0 Å². The minimum Gasteiger partial charge on any atom is -0.493 e. The number of piperazine rings is 1. The van der Waals surface area contributed by atoms with E-state index in [-0.39, 0.29) is 24.0 Å². The number of methoxy groups -OCH3 is 1. The molecule has 0 radical (unpaired) electrons. The molecule has 1 unspecified atom stereocenters. The number of benzene rings is 1.